The van der Waals surface area contributed by atoms with Gasteiger partial charge in [-0.25, -0.2) is 0 Å². The molecule has 1 aliphatic heterocycles. The van der Waals surface area contributed by atoms with Gasteiger partial charge in [-0.05, 0) is 40.2 Å². The van der Waals surface area contributed by atoms with Crippen molar-refractivity contribution in [2.24, 2.45) is 0 Å². The molecule has 0 aromatic carbocycles. The lowest BCUT2D eigenvalue weighted by atomic mass is 9.77. The van der Waals surface area contributed by atoms with Gasteiger partial charge in [0.05, 0.1) is 11.2 Å². The first kappa shape index (κ1) is 12.6. The maximum Gasteiger partial charge on any atom is 0.496 e. The molecule has 1 aliphatic rings. The van der Waals surface area contributed by atoms with Gasteiger partial charge in [-0.2, -0.15) is 0 Å². The molecule has 4 heteroatoms. The number of rotatable bonds is 2. The second kappa shape index (κ2) is 4.11. The monoisotopic (exact) mass is 233 g/mol. The van der Waals surface area contributed by atoms with Gasteiger partial charge in [0.15, 0.2) is 0 Å². The zero-order valence-corrected chi connectivity index (χ0v) is 11.3. The minimum atomic E-state index is -0.302. The van der Waals surface area contributed by atoms with Gasteiger partial charge >= 0.3 is 7.12 Å². The van der Waals surface area contributed by atoms with Crippen LogP contribution in [0.5, 0.6) is 0 Å². The summed E-state index contributed by atoms with van der Waals surface area (Å²) in [6.45, 7) is 10.4. The lowest BCUT2D eigenvalue weighted by Crippen LogP contribution is -2.41. The molecule has 1 aromatic heterocycles. The summed E-state index contributed by atoms with van der Waals surface area (Å²) in [5.74, 6) is 0. The first-order valence-corrected chi connectivity index (χ1v) is 6.17. The molecule has 3 nitrogen and oxygen atoms in total. The summed E-state index contributed by atoms with van der Waals surface area (Å²) in [4.78, 5) is 4.38. The summed E-state index contributed by atoms with van der Waals surface area (Å²) >= 11 is 0. The van der Waals surface area contributed by atoms with Crippen molar-refractivity contribution in [1.29, 1.82) is 0 Å². The average molecular weight is 233 g/mol. The van der Waals surface area contributed by atoms with E-state index in [1.165, 1.54) is 0 Å². The van der Waals surface area contributed by atoms with E-state index < -0.39 is 0 Å². The fourth-order valence-corrected chi connectivity index (χ4v) is 1.93. The van der Waals surface area contributed by atoms with Crippen molar-refractivity contribution in [2.75, 3.05) is 0 Å². The Morgan fingerprint density at radius 1 is 1.18 bits per heavy atom. The molecule has 2 heterocycles. The molecule has 1 saturated heterocycles. The quantitative estimate of drug-likeness (QED) is 0.731. The molecule has 0 bridgehead atoms. The Balaban J connectivity index is 2.32. The van der Waals surface area contributed by atoms with Crippen molar-refractivity contribution in [3.63, 3.8) is 0 Å². The zero-order valence-electron chi connectivity index (χ0n) is 11.3. The highest BCUT2D eigenvalue weighted by Crippen LogP contribution is 2.36. The van der Waals surface area contributed by atoms with Crippen molar-refractivity contribution in [1.82, 2.24) is 4.98 Å². The van der Waals surface area contributed by atoms with Crippen LogP contribution in [0.3, 0.4) is 0 Å². The van der Waals surface area contributed by atoms with E-state index >= 15 is 0 Å². The van der Waals surface area contributed by atoms with E-state index in [4.69, 9.17) is 9.31 Å². The Hall–Kier alpha value is -0.865. The summed E-state index contributed by atoms with van der Waals surface area (Å²) in [6, 6.07) is 3.97. The molecule has 17 heavy (non-hydrogen) atoms. The number of hydrogen-bond acceptors (Lipinski definition) is 3. The molecule has 0 radical (unpaired) electrons. The van der Waals surface area contributed by atoms with E-state index in [1.807, 2.05) is 18.3 Å². The minimum absolute atomic E-state index is 0.293. The van der Waals surface area contributed by atoms with Gasteiger partial charge in [0.1, 0.15) is 0 Å². The molecule has 2 rings (SSSR count). The van der Waals surface area contributed by atoms with Crippen LogP contribution in [0.2, 0.25) is 0 Å². The molecule has 0 saturated carbocycles. The van der Waals surface area contributed by atoms with E-state index in [1.54, 1.807) is 0 Å². The van der Waals surface area contributed by atoms with Crippen molar-refractivity contribution in [2.45, 2.75) is 52.2 Å². The maximum absolute atomic E-state index is 6.03. The van der Waals surface area contributed by atoms with E-state index in [0.29, 0.717) is 0 Å². The molecule has 0 amide bonds. The molecular weight excluding hydrogens is 213 g/mol. The number of aryl methyl sites for hydroxylation is 1. The summed E-state index contributed by atoms with van der Waals surface area (Å²) in [6.07, 6.45) is 2.70. The van der Waals surface area contributed by atoms with Gasteiger partial charge < -0.3 is 9.31 Å². The van der Waals surface area contributed by atoms with Gasteiger partial charge in [0.25, 0.3) is 0 Å². The van der Waals surface area contributed by atoms with Crippen LogP contribution >= 0.6 is 0 Å². The van der Waals surface area contributed by atoms with Crippen LogP contribution in [-0.4, -0.2) is 23.3 Å². The number of nitrogens with zero attached hydrogens (tertiary/aromatic N) is 1. The first-order valence-electron chi connectivity index (χ1n) is 6.17. The SMILES string of the molecule is CCc1ncccc1B1OC(C)(C)C(C)(C)O1. The van der Waals surface area contributed by atoms with Crippen LogP contribution in [0.4, 0.5) is 0 Å². The van der Waals surface area contributed by atoms with Crippen LogP contribution in [-0.2, 0) is 15.7 Å². The van der Waals surface area contributed by atoms with Crippen LogP contribution in [0.1, 0.15) is 40.3 Å². The van der Waals surface area contributed by atoms with Crippen LogP contribution in [0.25, 0.3) is 0 Å². The molecule has 1 fully saturated rings. The Morgan fingerprint density at radius 3 is 2.29 bits per heavy atom. The Labute approximate surface area is 104 Å². The summed E-state index contributed by atoms with van der Waals surface area (Å²) < 4.78 is 12.1. The Morgan fingerprint density at radius 2 is 1.76 bits per heavy atom. The Bertz CT molecular complexity index is 402. The van der Waals surface area contributed by atoms with Gasteiger partial charge in [0.2, 0.25) is 0 Å². The van der Waals surface area contributed by atoms with Crippen LogP contribution in [0.15, 0.2) is 18.3 Å². The predicted octanol–water partition coefficient (Wildman–Crippen LogP) is 1.94. The molecular formula is C13H20BNO2. The van der Waals surface area contributed by atoms with Gasteiger partial charge in [-0.3, -0.25) is 4.98 Å². The lowest BCUT2D eigenvalue weighted by Gasteiger charge is -2.32. The van der Waals surface area contributed by atoms with Gasteiger partial charge in [0, 0.05) is 17.4 Å². The van der Waals surface area contributed by atoms with E-state index in [2.05, 4.69) is 39.6 Å². The fourth-order valence-electron chi connectivity index (χ4n) is 1.93. The third kappa shape index (κ3) is 2.12. The van der Waals surface area contributed by atoms with Crippen molar-refractivity contribution in [3.05, 3.63) is 24.0 Å². The topological polar surface area (TPSA) is 31.4 Å². The third-order valence-electron chi connectivity index (χ3n) is 3.77. The van der Waals surface area contributed by atoms with E-state index in [9.17, 15) is 0 Å². The summed E-state index contributed by atoms with van der Waals surface area (Å²) in [5, 5.41) is 0. The largest absolute Gasteiger partial charge is 0.496 e. The molecule has 0 aliphatic carbocycles. The highest BCUT2D eigenvalue weighted by atomic mass is 16.7. The average Bonchev–Trinajstić information content (AvgIpc) is 2.48. The lowest BCUT2D eigenvalue weighted by molar-refractivity contribution is 0.00578. The first-order chi connectivity index (χ1) is 7.87. The van der Waals surface area contributed by atoms with E-state index in [-0.39, 0.29) is 18.3 Å². The highest BCUT2D eigenvalue weighted by molar-refractivity contribution is 6.62. The van der Waals surface area contributed by atoms with Crippen molar-refractivity contribution >= 4 is 12.6 Å². The third-order valence-corrected chi connectivity index (χ3v) is 3.77. The van der Waals surface area contributed by atoms with Gasteiger partial charge in [-0.15, -0.1) is 0 Å². The molecule has 0 atom stereocenters. The minimum Gasteiger partial charge on any atom is -0.399 e. The Kier molecular flexibility index (Phi) is 3.04. The molecule has 92 valence electrons. The van der Waals surface area contributed by atoms with Gasteiger partial charge in [-0.1, -0.05) is 13.0 Å². The molecule has 0 spiro atoms. The van der Waals surface area contributed by atoms with Crippen LogP contribution in [0, 0.1) is 0 Å². The zero-order chi connectivity index (χ0) is 12.7. The van der Waals surface area contributed by atoms with E-state index in [0.717, 1.165) is 17.6 Å². The number of pyridine rings is 1. The summed E-state index contributed by atoms with van der Waals surface area (Å²) in [5.41, 5.74) is 1.51. The van der Waals surface area contributed by atoms with Crippen molar-refractivity contribution < 1.29 is 9.31 Å². The second-order valence-corrected chi connectivity index (χ2v) is 5.48. The molecule has 0 N–H and O–H groups in total. The predicted molar refractivity (Wildman–Crippen MR) is 69.3 cm³/mol. The number of hydrogen-bond donors (Lipinski definition) is 0. The molecule has 0 unspecified atom stereocenters. The number of aromatic nitrogens is 1. The van der Waals surface area contributed by atoms with Crippen molar-refractivity contribution in [3.8, 4) is 0 Å². The highest BCUT2D eigenvalue weighted by Gasteiger charge is 2.52. The smallest absolute Gasteiger partial charge is 0.399 e. The van der Waals surface area contributed by atoms with Crippen LogP contribution < -0.4 is 5.46 Å². The molecule has 1 aromatic rings. The standard InChI is InChI=1S/C13H20BNO2/c1-6-11-10(8-7-9-15-11)14-16-12(2,3)13(4,5)17-14/h7-9H,6H2,1-5H3. The second-order valence-electron chi connectivity index (χ2n) is 5.48. The fraction of sp³-hybridized carbons (Fsp3) is 0.615. The normalized spacial score (nSPS) is 21.8. The summed E-state index contributed by atoms with van der Waals surface area (Å²) in [7, 11) is -0.302. The maximum atomic E-state index is 6.03.